The van der Waals surface area contributed by atoms with Gasteiger partial charge >= 0.3 is 12.1 Å². The van der Waals surface area contributed by atoms with Crippen molar-refractivity contribution in [2.45, 2.75) is 71.0 Å². The minimum absolute atomic E-state index is 0.00672. The fourth-order valence-corrected chi connectivity index (χ4v) is 5.26. The van der Waals surface area contributed by atoms with Gasteiger partial charge in [0, 0.05) is 50.3 Å². The molecule has 10 heteroatoms. The molecule has 1 saturated heterocycles. The van der Waals surface area contributed by atoms with Gasteiger partial charge in [0.25, 0.3) is 5.91 Å². The van der Waals surface area contributed by atoms with Crippen molar-refractivity contribution in [3.63, 3.8) is 0 Å². The highest BCUT2D eigenvalue weighted by Crippen LogP contribution is 2.34. The summed E-state index contributed by atoms with van der Waals surface area (Å²) in [5, 5.41) is 2.89. The van der Waals surface area contributed by atoms with Gasteiger partial charge in [-0.1, -0.05) is 12.1 Å². The Labute approximate surface area is 253 Å². The quantitative estimate of drug-likeness (QED) is 0.320. The van der Waals surface area contributed by atoms with Crippen LogP contribution in [0.1, 0.15) is 80.0 Å². The third-order valence-electron chi connectivity index (χ3n) is 7.59. The van der Waals surface area contributed by atoms with Crippen LogP contribution in [0.4, 0.5) is 4.79 Å². The van der Waals surface area contributed by atoms with Gasteiger partial charge in [-0.3, -0.25) is 9.59 Å². The molecule has 232 valence electrons. The zero-order valence-corrected chi connectivity index (χ0v) is 25.6. The van der Waals surface area contributed by atoms with Gasteiger partial charge in [-0.25, -0.2) is 9.59 Å². The Kier molecular flexibility index (Phi) is 10.7. The minimum Gasteiger partial charge on any atom is -0.490 e. The topological polar surface area (TPSA) is 114 Å². The standard InChI is InChI=1S/C33H43N3O7/c1-33(2,3)43-32(40)36-20-18-35(19-21-36)29(37)10-7-17-34-30(38)24-13-11-23(12-14-24)27-22-25(31(39)41-4)15-16-28(27)42-26-8-5-6-9-26/h11-16,22,26H,5-10,17-21H2,1-4H3,(H,34,38). The van der Waals surface area contributed by atoms with Crippen LogP contribution in [0.25, 0.3) is 11.1 Å². The Bertz CT molecular complexity index is 1290. The van der Waals surface area contributed by atoms with E-state index in [2.05, 4.69) is 5.32 Å². The number of esters is 1. The summed E-state index contributed by atoms with van der Waals surface area (Å²) in [5.74, 6) is 0.0573. The zero-order valence-electron chi connectivity index (χ0n) is 25.6. The van der Waals surface area contributed by atoms with Crippen LogP contribution in [-0.4, -0.2) is 85.2 Å². The molecule has 1 aliphatic heterocycles. The first-order chi connectivity index (χ1) is 20.5. The molecule has 0 unspecified atom stereocenters. The number of carbonyl (C=O) groups is 4. The van der Waals surface area contributed by atoms with Crippen molar-refractivity contribution in [3.05, 3.63) is 53.6 Å². The van der Waals surface area contributed by atoms with Crippen molar-refractivity contribution in [2.24, 2.45) is 0 Å². The van der Waals surface area contributed by atoms with E-state index in [1.807, 2.05) is 39.0 Å². The third-order valence-corrected chi connectivity index (χ3v) is 7.59. The predicted molar refractivity (Wildman–Crippen MR) is 162 cm³/mol. The summed E-state index contributed by atoms with van der Waals surface area (Å²) in [6.45, 7) is 7.66. The second-order valence-corrected chi connectivity index (χ2v) is 12.0. The van der Waals surface area contributed by atoms with Crippen molar-refractivity contribution >= 4 is 23.9 Å². The first-order valence-electron chi connectivity index (χ1n) is 15.1. The van der Waals surface area contributed by atoms with Gasteiger partial charge in [-0.15, -0.1) is 0 Å². The number of hydrogen-bond acceptors (Lipinski definition) is 7. The Morgan fingerprint density at radius 3 is 2.14 bits per heavy atom. The molecule has 1 saturated carbocycles. The SMILES string of the molecule is COC(=O)c1ccc(OC2CCCC2)c(-c2ccc(C(=O)NCCCC(=O)N3CCN(C(=O)OC(C)(C)C)CC3)cc2)c1. The summed E-state index contributed by atoms with van der Waals surface area (Å²) >= 11 is 0. The second kappa shape index (κ2) is 14.4. The zero-order chi connectivity index (χ0) is 31.0. The summed E-state index contributed by atoms with van der Waals surface area (Å²) in [6, 6.07) is 12.4. The van der Waals surface area contributed by atoms with E-state index in [0.29, 0.717) is 62.4 Å². The molecule has 1 heterocycles. The number of nitrogens with zero attached hydrogens (tertiary/aromatic N) is 2. The first kappa shape index (κ1) is 31.8. The van der Waals surface area contributed by atoms with Crippen LogP contribution in [0.5, 0.6) is 5.75 Å². The highest BCUT2D eigenvalue weighted by Gasteiger charge is 2.27. The van der Waals surface area contributed by atoms with E-state index in [-0.39, 0.29) is 24.0 Å². The number of carbonyl (C=O) groups excluding carboxylic acids is 4. The van der Waals surface area contributed by atoms with Gasteiger partial charge in [-0.05, 0) is 88.8 Å². The molecular formula is C33H43N3O7. The van der Waals surface area contributed by atoms with Gasteiger partial charge in [0.1, 0.15) is 11.4 Å². The highest BCUT2D eigenvalue weighted by molar-refractivity contribution is 5.95. The van der Waals surface area contributed by atoms with Gasteiger partial charge in [0.2, 0.25) is 5.91 Å². The molecule has 0 aromatic heterocycles. The van der Waals surface area contributed by atoms with E-state index in [4.69, 9.17) is 14.2 Å². The lowest BCUT2D eigenvalue weighted by atomic mass is 10.00. The summed E-state index contributed by atoms with van der Waals surface area (Å²) in [7, 11) is 1.35. The highest BCUT2D eigenvalue weighted by atomic mass is 16.6. The van der Waals surface area contributed by atoms with Crippen LogP contribution >= 0.6 is 0 Å². The van der Waals surface area contributed by atoms with E-state index < -0.39 is 11.6 Å². The number of rotatable bonds is 9. The number of methoxy groups -OCH3 is 1. The lowest BCUT2D eigenvalue weighted by Gasteiger charge is -2.35. The number of benzene rings is 2. The van der Waals surface area contributed by atoms with Gasteiger partial charge in [0.05, 0.1) is 18.8 Å². The largest absolute Gasteiger partial charge is 0.490 e. The summed E-state index contributed by atoms with van der Waals surface area (Å²) in [4.78, 5) is 53.2. The Morgan fingerprint density at radius 1 is 0.884 bits per heavy atom. The molecule has 4 rings (SSSR count). The minimum atomic E-state index is -0.554. The molecule has 2 aromatic rings. The molecule has 43 heavy (non-hydrogen) atoms. The lowest BCUT2D eigenvalue weighted by Crippen LogP contribution is -2.51. The third kappa shape index (κ3) is 8.95. The summed E-state index contributed by atoms with van der Waals surface area (Å²) in [5.41, 5.74) is 1.97. The maximum atomic E-state index is 12.8. The normalized spacial score (nSPS) is 15.6. The average Bonchev–Trinajstić information content (AvgIpc) is 3.51. The smallest absolute Gasteiger partial charge is 0.410 e. The van der Waals surface area contributed by atoms with Gasteiger partial charge in [0.15, 0.2) is 0 Å². The molecule has 1 aliphatic carbocycles. The molecule has 10 nitrogen and oxygen atoms in total. The fraction of sp³-hybridized carbons (Fsp3) is 0.515. The van der Waals surface area contributed by atoms with Crippen LogP contribution < -0.4 is 10.1 Å². The van der Waals surface area contributed by atoms with Crippen LogP contribution in [0.3, 0.4) is 0 Å². The van der Waals surface area contributed by atoms with Crippen molar-refractivity contribution in [2.75, 3.05) is 39.8 Å². The molecule has 0 spiro atoms. The van der Waals surface area contributed by atoms with Gasteiger partial charge in [-0.2, -0.15) is 0 Å². The Hall–Kier alpha value is -4.08. The van der Waals surface area contributed by atoms with Crippen LogP contribution in [0, 0.1) is 0 Å². The molecular weight excluding hydrogens is 550 g/mol. The van der Waals surface area contributed by atoms with Crippen molar-refractivity contribution in [1.82, 2.24) is 15.1 Å². The van der Waals surface area contributed by atoms with E-state index >= 15 is 0 Å². The van der Waals surface area contributed by atoms with Crippen LogP contribution in [-0.2, 0) is 14.3 Å². The molecule has 1 N–H and O–H groups in total. The molecule has 0 bridgehead atoms. The van der Waals surface area contributed by atoms with Crippen molar-refractivity contribution in [3.8, 4) is 16.9 Å². The fourth-order valence-electron chi connectivity index (χ4n) is 5.26. The summed E-state index contributed by atoms with van der Waals surface area (Å²) in [6.07, 6.45) is 4.92. The lowest BCUT2D eigenvalue weighted by molar-refractivity contribution is -0.133. The number of nitrogens with one attached hydrogen (secondary N) is 1. The van der Waals surface area contributed by atoms with Gasteiger partial charge < -0.3 is 29.3 Å². The monoisotopic (exact) mass is 593 g/mol. The van der Waals surface area contributed by atoms with Crippen LogP contribution in [0.15, 0.2) is 42.5 Å². The molecule has 0 atom stereocenters. The average molecular weight is 594 g/mol. The molecule has 3 amide bonds. The number of hydrogen-bond donors (Lipinski definition) is 1. The second-order valence-electron chi connectivity index (χ2n) is 12.0. The van der Waals surface area contributed by atoms with Crippen molar-refractivity contribution < 1.29 is 33.4 Å². The number of amides is 3. The predicted octanol–water partition coefficient (Wildman–Crippen LogP) is 5.05. The maximum Gasteiger partial charge on any atom is 0.410 e. The molecule has 0 radical (unpaired) electrons. The Balaban J connectivity index is 1.26. The van der Waals surface area contributed by atoms with E-state index in [9.17, 15) is 19.2 Å². The maximum absolute atomic E-state index is 12.8. The first-order valence-corrected chi connectivity index (χ1v) is 15.1. The summed E-state index contributed by atoms with van der Waals surface area (Å²) < 4.78 is 16.6. The number of ether oxygens (including phenoxy) is 3. The number of piperazine rings is 1. The molecule has 2 aliphatic rings. The molecule has 2 aromatic carbocycles. The van der Waals surface area contributed by atoms with E-state index in [0.717, 1.165) is 36.8 Å². The molecule has 2 fully saturated rings. The van der Waals surface area contributed by atoms with Crippen molar-refractivity contribution in [1.29, 1.82) is 0 Å². The van der Waals surface area contributed by atoms with E-state index in [1.165, 1.54) is 7.11 Å². The van der Waals surface area contributed by atoms with Crippen LogP contribution in [0.2, 0.25) is 0 Å². The van der Waals surface area contributed by atoms with E-state index in [1.54, 1.807) is 34.1 Å². The Morgan fingerprint density at radius 2 is 1.51 bits per heavy atom.